The quantitative estimate of drug-likeness (QED) is 0.636. The molecule has 1 atom stereocenters. The highest BCUT2D eigenvalue weighted by molar-refractivity contribution is 5.84. The maximum Gasteiger partial charge on any atom is 0.00145 e. The number of hydrogen-bond acceptors (Lipinski definition) is 0. The van der Waals surface area contributed by atoms with Crippen molar-refractivity contribution in [3.63, 3.8) is 0 Å². The third-order valence-electron chi connectivity index (χ3n) is 3.55. The molecule has 0 nitrogen and oxygen atoms in total. The minimum atomic E-state index is 0.419. The van der Waals surface area contributed by atoms with Gasteiger partial charge in [0.05, 0.1) is 0 Å². The molecule has 2 aromatic carbocycles. The van der Waals surface area contributed by atoms with Gasteiger partial charge < -0.3 is 0 Å². The summed E-state index contributed by atoms with van der Waals surface area (Å²) in [6.07, 6.45) is 2.87. The molecule has 0 aliphatic carbocycles. The van der Waals surface area contributed by atoms with E-state index in [0.717, 1.165) is 6.42 Å². The molecule has 0 N–H and O–H groups in total. The summed E-state index contributed by atoms with van der Waals surface area (Å²) in [5.74, 6) is 0.419. The van der Waals surface area contributed by atoms with Crippen LogP contribution >= 0.6 is 0 Å². The van der Waals surface area contributed by atoms with Crippen molar-refractivity contribution < 1.29 is 0 Å². The summed E-state index contributed by atoms with van der Waals surface area (Å²) in [6.45, 7) is 12.1. The van der Waals surface area contributed by atoms with E-state index in [-0.39, 0.29) is 0 Å². The summed E-state index contributed by atoms with van der Waals surface area (Å²) in [4.78, 5) is 0. The number of fused-ring (bicyclic) bond motifs is 1. The first kappa shape index (κ1) is 12.6. The molecule has 0 radical (unpaired) electrons. The minimum Gasteiger partial charge on any atom is -0.103 e. The summed E-state index contributed by atoms with van der Waals surface area (Å²) < 4.78 is 0. The lowest BCUT2D eigenvalue weighted by atomic mass is 9.92. The molecule has 0 fully saturated rings. The van der Waals surface area contributed by atoms with Gasteiger partial charge in [0, 0.05) is 5.92 Å². The van der Waals surface area contributed by atoms with Crippen LogP contribution in [0.1, 0.15) is 30.9 Å². The molecular formula is C18H20. The van der Waals surface area contributed by atoms with E-state index >= 15 is 0 Å². The van der Waals surface area contributed by atoms with Gasteiger partial charge in [-0.1, -0.05) is 61.5 Å². The van der Waals surface area contributed by atoms with Crippen LogP contribution in [0.3, 0.4) is 0 Å². The Kier molecular flexibility index (Phi) is 3.66. The summed E-state index contributed by atoms with van der Waals surface area (Å²) in [5, 5.41) is 2.60. The maximum absolute atomic E-state index is 4.04. The molecular weight excluding hydrogens is 216 g/mol. The zero-order chi connectivity index (χ0) is 13.1. The molecule has 1 unspecified atom stereocenters. The van der Waals surface area contributed by atoms with Crippen molar-refractivity contribution in [1.29, 1.82) is 0 Å². The van der Waals surface area contributed by atoms with Crippen molar-refractivity contribution >= 4 is 10.8 Å². The van der Waals surface area contributed by atoms with E-state index < -0.39 is 0 Å². The monoisotopic (exact) mass is 236 g/mol. The van der Waals surface area contributed by atoms with Crippen LogP contribution in [-0.2, 0) is 6.42 Å². The molecule has 0 aromatic heterocycles. The molecule has 0 heteroatoms. The van der Waals surface area contributed by atoms with E-state index in [1.807, 2.05) is 6.08 Å². The Labute approximate surface area is 110 Å². The summed E-state index contributed by atoms with van der Waals surface area (Å²) in [6, 6.07) is 13.3. The number of rotatable bonds is 4. The lowest BCUT2D eigenvalue weighted by molar-refractivity contribution is 0.901. The fraction of sp³-hybridized carbons (Fsp3) is 0.222. The average molecular weight is 236 g/mol. The van der Waals surface area contributed by atoms with Gasteiger partial charge in [-0.15, -0.1) is 6.58 Å². The van der Waals surface area contributed by atoms with E-state index in [2.05, 4.69) is 63.4 Å². The van der Waals surface area contributed by atoms with Gasteiger partial charge in [0.15, 0.2) is 0 Å². The fourth-order valence-corrected chi connectivity index (χ4v) is 2.16. The summed E-state index contributed by atoms with van der Waals surface area (Å²) in [7, 11) is 0. The first-order valence-electron chi connectivity index (χ1n) is 6.40. The lowest BCUT2D eigenvalue weighted by Crippen LogP contribution is -1.94. The average Bonchev–Trinajstić information content (AvgIpc) is 2.37. The molecule has 2 rings (SSSR count). The van der Waals surface area contributed by atoms with Crippen LogP contribution in [0.15, 0.2) is 61.2 Å². The van der Waals surface area contributed by atoms with E-state index in [0.29, 0.717) is 5.92 Å². The zero-order valence-electron chi connectivity index (χ0n) is 11.2. The van der Waals surface area contributed by atoms with Crippen LogP contribution in [0.25, 0.3) is 10.8 Å². The second-order valence-electron chi connectivity index (χ2n) is 5.00. The Morgan fingerprint density at radius 1 is 1.17 bits per heavy atom. The fourth-order valence-electron chi connectivity index (χ4n) is 2.16. The van der Waals surface area contributed by atoms with Crippen LogP contribution in [0.4, 0.5) is 0 Å². The van der Waals surface area contributed by atoms with Crippen molar-refractivity contribution in [3.05, 3.63) is 72.3 Å². The van der Waals surface area contributed by atoms with E-state index in [1.54, 1.807) is 0 Å². The molecule has 18 heavy (non-hydrogen) atoms. The van der Waals surface area contributed by atoms with E-state index in [4.69, 9.17) is 0 Å². The van der Waals surface area contributed by atoms with Crippen molar-refractivity contribution in [2.24, 2.45) is 0 Å². The molecule has 0 aliphatic heterocycles. The van der Waals surface area contributed by atoms with E-state index in [1.165, 1.54) is 27.5 Å². The van der Waals surface area contributed by atoms with Crippen molar-refractivity contribution in [1.82, 2.24) is 0 Å². The third-order valence-corrected chi connectivity index (χ3v) is 3.55. The van der Waals surface area contributed by atoms with Crippen LogP contribution in [0, 0.1) is 0 Å². The number of hydrogen-bond donors (Lipinski definition) is 0. The van der Waals surface area contributed by atoms with Gasteiger partial charge in [0.25, 0.3) is 0 Å². The number of benzene rings is 2. The standard InChI is InChI=1S/C18H20/c1-5-6-15-7-8-18-12-16(14(4)13(2)3)9-10-17(18)11-15/h5,7-12,14H,1-2,6H2,3-4H3. The summed E-state index contributed by atoms with van der Waals surface area (Å²) >= 11 is 0. The Bertz CT molecular complexity index is 590. The molecule has 0 aliphatic rings. The molecule has 0 heterocycles. The van der Waals surface area contributed by atoms with Gasteiger partial charge in [0.1, 0.15) is 0 Å². The largest absolute Gasteiger partial charge is 0.103 e. The SMILES string of the molecule is C=CCc1ccc2cc(C(C)C(=C)C)ccc2c1. The van der Waals surface area contributed by atoms with Crippen LogP contribution in [-0.4, -0.2) is 0 Å². The highest BCUT2D eigenvalue weighted by atomic mass is 14.1. The smallest absolute Gasteiger partial charge is 0.00145 e. The second kappa shape index (κ2) is 5.22. The predicted octanol–water partition coefficient (Wildman–Crippen LogP) is 5.25. The Morgan fingerprint density at radius 2 is 1.83 bits per heavy atom. The summed E-state index contributed by atoms with van der Waals surface area (Å²) in [5.41, 5.74) is 3.86. The minimum absolute atomic E-state index is 0.419. The number of allylic oxidation sites excluding steroid dienone is 2. The van der Waals surface area contributed by atoms with Gasteiger partial charge in [-0.3, -0.25) is 0 Å². The van der Waals surface area contributed by atoms with E-state index in [9.17, 15) is 0 Å². The topological polar surface area (TPSA) is 0 Å². The Hall–Kier alpha value is -1.82. The van der Waals surface area contributed by atoms with Gasteiger partial charge >= 0.3 is 0 Å². The van der Waals surface area contributed by atoms with Gasteiger partial charge in [-0.05, 0) is 35.2 Å². The maximum atomic E-state index is 4.04. The molecule has 0 saturated heterocycles. The normalized spacial score (nSPS) is 12.3. The lowest BCUT2D eigenvalue weighted by Gasteiger charge is -2.12. The van der Waals surface area contributed by atoms with Crippen LogP contribution in [0.5, 0.6) is 0 Å². The first-order chi connectivity index (χ1) is 8.61. The zero-order valence-corrected chi connectivity index (χ0v) is 11.2. The Morgan fingerprint density at radius 3 is 2.50 bits per heavy atom. The van der Waals surface area contributed by atoms with Crippen molar-refractivity contribution in [2.75, 3.05) is 0 Å². The van der Waals surface area contributed by atoms with Crippen LogP contribution < -0.4 is 0 Å². The Balaban J connectivity index is 2.44. The molecule has 2 aromatic rings. The molecule has 0 amide bonds. The first-order valence-corrected chi connectivity index (χ1v) is 6.40. The van der Waals surface area contributed by atoms with Crippen molar-refractivity contribution in [3.8, 4) is 0 Å². The highest BCUT2D eigenvalue weighted by Crippen LogP contribution is 2.26. The van der Waals surface area contributed by atoms with Gasteiger partial charge in [-0.2, -0.15) is 0 Å². The highest BCUT2D eigenvalue weighted by Gasteiger charge is 2.06. The van der Waals surface area contributed by atoms with Gasteiger partial charge in [-0.25, -0.2) is 0 Å². The van der Waals surface area contributed by atoms with Gasteiger partial charge in [0.2, 0.25) is 0 Å². The second-order valence-corrected chi connectivity index (χ2v) is 5.00. The molecule has 92 valence electrons. The molecule has 0 spiro atoms. The van der Waals surface area contributed by atoms with Crippen molar-refractivity contribution in [2.45, 2.75) is 26.2 Å². The third kappa shape index (κ3) is 2.53. The van der Waals surface area contributed by atoms with Crippen LogP contribution in [0.2, 0.25) is 0 Å². The molecule has 0 saturated carbocycles. The molecule has 0 bridgehead atoms. The predicted molar refractivity (Wildman–Crippen MR) is 81.1 cm³/mol.